The van der Waals surface area contributed by atoms with Crippen LogP contribution in [-0.2, 0) is 6.61 Å². The molecule has 0 atom stereocenters. The first kappa shape index (κ1) is 21.4. The summed E-state index contributed by atoms with van der Waals surface area (Å²) in [6.45, 7) is 2.04. The van der Waals surface area contributed by atoms with Crippen LogP contribution in [0.3, 0.4) is 0 Å². The minimum Gasteiger partial charge on any atom is -0.495 e. The quantitative estimate of drug-likeness (QED) is 0.398. The van der Waals surface area contributed by atoms with E-state index in [4.69, 9.17) is 25.6 Å². The molecule has 0 fully saturated rings. The molecular formula is C24H20ClN3O4. The maximum absolute atomic E-state index is 12.8. The molecule has 1 aromatic heterocycles. The number of methoxy groups -OCH3 is 1. The molecule has 0 radical (unpaired) electrons. The second-order valence-electron chi connectivity index (χ2n) is 6.97. The van der Waals surface area contributed by atoms with E-state index >= 15 is 0 Å². The van der Waals surface area contributed by atoms with Crippen LogP contribution >= 0.6 is 11.6 Å². The molecule has 0 unspecified atom stereocenters. The molecule has 32 heavy (non-hydrogen) atoms. The first-order chi connectivity index (χ1) is 15.5. The Hall–Kier alpha value is -3.84. The maximum Gasteiger partial charge on any atom is 0.264 e. The zero-order valence-corrected chi connectivity index (χ0v) is 18.2. The van der Waals surface area contributed by atoms with Crippen molar-refractivity contribution in [3.8, 4) is 22.9 Å². The average molecular weight is 450 g/mol. The highest BCUT2D eigenvalue weighted by molar-refractivity contribution is 6.32. The van der Waals surface area contributed by atoms with Gasteiger partial charge in [0.05, 0.1) is 17.7 Å². The number of para-hydroxylation sites is 1. The van der Waals surface area contributed by atoms with Crippen molar-refractivity contribution < 1.29 is 18.8 Å². The second kappa shape index (κ2) is 9.53. The Morgan fingerprint density at radius 1 is 1.06 bits per heavy atom. The van der Waals surface area contributed by atoms with E-state index in [-0.39, 0.29) is 12.5 Å². The van der Waals surface area contributed by atoms with E-state index in [9.17, 15) is 4.79 Å². The summed E-state index contributed by atoms with van der Waals surface area (Å²) in [6.07, 6.45) is 0. The lowest BCUT2D eigenvalue weighted by Gasteiger charge is -2.11. The summed E-state index contributed by atoms with van der Waals surface area (Å²) in [5.41, 5.74) is 2.89. The second-order valence-corrected chi connectivity index (χ2v) is 7.37. The minimum absolute atomic E-state index is 0.0253. The largest absolute Gasteiger partial charge is 0.495 e. The van der Waals surface area contributed by atoms with Crippen LogP contribution in [0, 0.1) is 6.92 Å². The number of benzene rings is 3. The van der Waals surface area contributed by atoms with Crippen LogP contribution in [-0.4, -0.2) is 23.2 Å². The molecule has 0 aliphatic heterocycles. The lowest BCUT2D eigenvalue weighted by molar-refractivity contribution is 0.102. The van der Waals surface area contributed by atoms with Crippen LogP contribution in [0.1, 0.15) is 21.8 Å². The molecule has 0 spiro atoms. The van der Waals surface area contributed by atoms with Gasteiger partial charge >= 0.3 is 0 Å². The zero-order chi connectivity index (χ0) is 22.5. The van der Waals surface area contributed by atoms with Crippen molar-refractivity contribution in [2.45, 2.75) is 13.5 Å². The first-order valence-electron chi connectivity index (χ1n) is 9.80. The summed E-state index contributed by atoms with van der Waals surface area (Å²) in [5, 5.41) is 7.20. The van der Waals surface area contributed by atoms with Crippen LogP contribution in [0.4, 0.5) is 5.69 Å². The molecule has 0 saturated heterocycles. The molecule has 3 aromatic carbocycles. The van der Waals surface area contributed by atoms with E-state index < -0.39 is 0 Å². The molecule has 162 valence electrons. The summed E-state index contributed by atoms with van der Waals surface area (Å²) < 4.78 is 16.2. The van der Waals surface area contributed by atoms with E-state index in [1.54, 1.807) is 42.5 Å². The van der Waals surface area contributed by atoms with Crippen LogP contribution in [0.5, 0.6) is 11.5 Å². The number of nitrogens with one attached hydrogen (secondary N) is 1. The zero-order valence-electron chi connectivity index (χ0n) is 17.5. The fraction of sp³-hybridized carbons (Fsp3) is 0.125. The van der Waals surface area contributed by atoms with Gasteiger partial charge in [-0.05, 0) is 37.3 Å². The first-order valence-corrected chi connectivity index (χ1v) is 10.2. The van der Waals surface area contributed by atoms with E-state index in [0.717, 1.165) is 11.1 Å². The highest BCUT2D eigenvalue weighted by Gasteiger charge is 2.15. The number of carbonyl (C=O) groups is 1. The van der Waals surface area contributed by atoms with Gasteiger partial charge in [0.2, 0.25) is 5.82 Å². The molecule has 0 aliphatic rings. The van der Waals surface area contributed by atoms with Crippen LogP contribution in [0.2, 0.25) is 5.02 Å². The summed E-state index contributed by atoms with van der Waals surface area (Å²) >= 11 is 6.14. The number of rotatable bonds is 7. The van der Waals surface area contributed by atoms with Crippen LogP contribution in [0.25, 0.3) is 11.4 Å². The molecule has 4 rings (SSSR count). The van der Waals surface area contributed by atoms with Gasteiger partial charge in [-0.25, -0.2) is 0 Å². The standard InChI is InChI=1S/C24H20ClN3O4/c1-15-7-9-16(10-8-15)23-27-22(32-28-23)14-31-20-6-4-3-5-18(20)24(29)26-17-11-12-21(30-2)19(25)13-17/h3-13H,14H2,1-2H3,(H,26,29). The van der Waals surface area contributed by atoms with Crippen molar-refractivity contribution in [3.63, 3.8) is 0 Å². The van der Waals surface area contributed by atoms with Crippen molar-refractivity contribution in [2.24, 2.45) is 0 Å². The van der Waals surface area contributed by atoms with Crippen molar-refractivity contribution in [1.29, 1.82) is 0 Å². The minimum atomic E-state index is -0.340. The number of aryl methyl sites for hydroxylation is 1. The number of hydrogen-bond donors (Lipinski definition) is 1. The molecule has 0 aliphatic carbocycles. The van der Waals surface area contributed by atoms with Crippen molar-refractivity contribution >= 4 is 23.2 Å². The molecule has 7 nitrogen and oxygen atoms in total. The Bertz CT molecular complexity index is 1240. The van der Waals surface area contributed by atoms with Gasteiger partial charge in [-0.3, -0.25) is 4.79 Å². The van der Waals surface area contributed by atoms with Crippen molar-refractivity contribution in [2.75, 3.05) is 12.4 Å². The van der Waals surface area contributed by atoms with Crippen LogP contribution < -0.4 is 14.8 Å². The summed E-state index contributed by atoms with van der Waals surface area (Å²) in [4.78, 5) is 17.2. The topological polar surface area (TPSA) is 86.5 Å². The van der Waals surface area contributed by atoms with E-state index in [1.165, 1.54) is 7.11 Å². The average Bonchev–Trinajstić information content (AvgIpc) is 3.27. The normalized spacial score (nSPS) is 10.6. The summed E-state index contributed by atoms with van der Waals surface area (Å²) in [6, 6.07) is 19.7. The fourth-order valence-corrected chi connectivity index (χ4v) is 3.25. The van der Waals surface area contributed by atoms with Gasteiger partial charge in [0, 0.05) is 11.3 Å². The monoisotopic (exact) mass is 449 g/mol. The number of anilines is 1. The number of hydrogen-bond acceptors (Lipinski definition) is 6. The van der Waals surface area contributed by atoms with Gasteiger partial charge in [0.15, 0.2) is 6.61 Å². The Kier molecular flexibility index (Phi) is 6.37. The lowest BCUT2D eigenvalue weighted by atomic mass is 10.1. The predicted octanol–water partition coefficient (Wildman–Crippen LogP) is 5.54. The number of ether oxygens (including phenoxy) is 2. The van der Waals surface area contributed by atoms with Gasteiger partial charge < -0.3 is 19.3 Å². The fourth-order valence-electron chi connectivity index (χ4n) is 3.00. The Labute approximate surface area is 189 Å². The number of nitrogens with zero attached hydrogens (tertiary/aromatic N) is 2. The van der Waals surface area contributed by atoms with E-state index in [0.29, 0.717) is 39.5 Å². The molecule has 1 heterocycles. The molecule has 1 amide bonds. The Morgan fingerprint density at radius 3 is 2.59 bits per heavy atom. The third-order valence-electron chi connectivity index (χ3n) is 4.67. The molecular weight excluding hydrogens is 430 g/mol. The summed E-state index contributed by atoms with van der Waals surface area (Å²) in [5.74, 6) is 1.36. The van der Waals surface area contributed by atoms with Gasteiger partial charge in [-0.1, -0.05) is 58.7 Å². The van der Waals surface area contributed by atoms with Gasteiger partial charge in [0.25, 0.3) is 11.8 Å². The Balaban J connectivity index is 1.45. The SMILES string of the molecule is COc1ccc(NC(=O)c2ccccc2OCc2nc(-c3ccc(C)cc3)no2)cc1Cl. The van der Waals surface area contributed by atoms with Crippen molar-refractivity contribution in [3.05, 3.63) is 88.8 Å². The maximum atomic E-state index is 12.8. The molecule has 8 heteroatoms. The van der Waals surface area contributed by atoms with E-state index in [2.05, 4.69) is 15.5 Å². The highest BCUT2D eigenvalue weighted by atomic mass is 35.5. The molecule has 0 bridgehead atoms. The molecule has 4 aromatic rings. The lowest BCUT2D eigenvalue weighted by Crippen LogP contribution is -2.13. The number of aromatic nitrogens is 2. The Morgan fingerprint density at radius 2 is 1.84 bits per heavy atom. The molecule has 1 N–H and O–H groups in total. The number of amides is 1. The number of carbonyl (C=O) groups excluding carboxylic acids is 1. The van der Waals surface area contributed by atoms with Crippen molar-refractivity contribution in [1.82, 2.24) is 10.1 Å². The molecule has 0 saturated carbocycles. The predicted molar refractivity (Wildman–Crippen MR) is 121 cm³/mol. The van der Waals surface area contributed by atoms with E-state index in [1.807, 2.05) is 31.2 Å². The van der Waals surface area contributed by atoms with Gasteiger partial charge in [-0.2, -0.15) is 4.98 Å². The number of halogens is 1. The highest BCUT2D eigenvalue weighted by Crippen LogP contribution is 2.28. The third-order valence-corrected chi connectivity index (χ3v) is 4.97. The smallest absolute Gasteiger partial charge is 0.264 e. The van der Waals surface area contributed by atoms with Gasteiger partial charge in [0.1, 0.15) is 11.5 Å². The van der Waals surface area contributed by atoms with Crippen LogP contribution in [0.15, 0.2) is 71.3 Å². The summed E-state index contributed by atoms with van der Waals surface area (Å²) in [7, 11) is 1.53. The third kappa shape index (κ3) is 4.90. The van der Waals surface area contributed by atoms with Gasteiger partial charge in [-0.15, -0.1) is 0 Å².